The topological polar surface area (TPSA) is 97.7 Å². The molecular formula is C12H15F3O6S. The van der Waals surface area contributed by atoms with E-state index in [2.05, 4.69) is 4.74 Å². The zero-order valence-corrected chi connectivity index (χ0v) is 12.2. The standard InChI is InChI=1S/C12H15F3O6S/c13-12(14,15)10(5-22(18,19)20)21-11(17)4-9(16)8-3-6-1-2-7(6)8/h6-8,10H,1-5H2,(H,18,19,20). The fraction of sp³-hybridized carbons (Fsp3) is 0.833. The predicted octanol–water partition coefficient (Wildman–Crippen LogP) is 1.35. The summed E-state index contributed by atoms with van der Waals surface area (Å²) < 4.78 is 71.3. The van der Waals surface area contributed by atoms with E-state index in [0.717, 1.165) is 12.8 Å². The van der Waals surface area contributed by atoms with Crippen LogP contribution in [0.25, 0.3) is 0 Å². The molecule has 0 aromatic rings. The van der Waals surface area contributed by atoms with Crippen molar-refractivity contribution in [3.05, 3.63) is 0 Å². The second-order valence-corrected chi connectivity index (χ2v) is 7.25. The van der Waals surface area contributed by atoms with Gasteiger partial charge in [-0.2, -0.15) is 21.6 Å². The number of alkyl halides is 3. The van der Waals surface area contributed by atoms with Crippen molar-refractivity contribution in [1.29, 1.82) is 0 Å². The summed E-state index contributed by atoms with van der Waals surface area (Å²) in [6.07, 6.45) is -6.39. The fourth-order valence-corrected chi connectivity index (χ4v) is 3.59. The van der Waals surface area contributed by atoms with Gasteiger partial charge >= 0.3 is 12.1 Å². The van der Waals surface area contributed by atoms with Gasteiger partial charge in [0.2, 0.25) is 6.10 Å². The van der Waals surface area contributed by atoms with Crippen LogP contribution in [0.15, 0.2) is 0 Å². The van der Waals surface area contributed by atoms with Crippen molar-refractivity contribution in [2.75, 3.05) is 5.75 Å². The summed E-state index contributed by atoms with van der Waals surface area (Å²) in [6, 6.07) is 0. The maximum Gasteiger partial charge on any atom is 0.426 e. The van der Waals surface area contributed by atoms with Gasteiger partial charge in [0.05, 0.1) is 0 Å². The van der Waals surface area contributed by atoms with E-state index in [1.807, 2.05) is 0 Å². The number of rotatable bonds is 6. The fourth-order valence-electron chi connectivity index (χ4n) is 2.95. The van der Waals surface area contributed by atoms with Crippen molar-refractivity contribution in [2.24, 2.45) is 17.8 Å². The lowest BCUT2D eigenvalue weighted by Crippen LogP contribution is -2.48. The SMILES string of the molecule is O=C(CC(=O)C1CC2CCC21)OC(CS(=O)(=O)O)C(F)(F)F. The van der Waals surface area contributed by atoms with Crippen molar-refractivity contribution in [3.8, 4) is 0 Å². The first kappa shape index (κ1) is 17.2. The highest BCUT2D eigenvalue weighted by atomic mass is 32.2. The van der Waals surface area contributed by atoms with Crippen LogP contribution < -0.4 is 0 Å². The summed E-state index contributed by atoms with van der Waals surface area (Å²) in [5.74, 6) is -3.30. The minimum absolute atomic E-state index is 0.219. The Balaban J connectivity index is 1.89. The Hall–Kier alpha value is -1.16. The Bertz CT molecular complexity index is 570. The van der Waals surface area contributed by atoms with Crippen molar-refractivity contribution in [3.63, 3.8) is 0 Å². The van der Waals surface area contributed by atoms with Gasteiger partial charge < -0.3 is 4.74 Å². The maximum absolute atomic E-state index is 12.6. The number of esters is 1. The molecule has 0 aromatic carbocycles. The molecule has 2 aliphatic rings. The molecule has 2 saturated carbocycles. The van der Waals surface area contributed by atoms with Crippen LogP contribution in [0.5, 0.6) is 0 Å². The average molecular weight is 344 g/mol. The van der Waals surface area contributed by atoms with Crippen LogP contribution >= 0.6 is 0 Å². The second-order valence-electron chi connectivity index (χ2n) is 5.76. The third-order valence-electron chi connectivity index (χ3n) is 4.28. The molecule has 4 unspecified atom stereocenters. The third-order valence-corrected chi connectivity index (χ3v) is 5.01. The van der Waals surface area contributed by atoms with Crippen LogP contribution in [0.4, 0.5) is 13.2 Å². The van der Waals surface area contributed by atoms with E-state index in [9.17, 15) is 31.2 Å². The normalized spacial score (nSPS) is 28.8. The average Bonchev–Trinajstić information content (AvgIpc) is 2.28. The zero-order valence-electron chi connectivity index (χ0n) is 11.4. The summed E-state index contributed by atoms with van der Waals surface area (Å²) in [5.41, 5.74) is 0. The highest BCUT2D eigenvalue weighted by molar-refractivity contribution is 7.85. The van der Waals surface area contributed by atoms with Gasteiger partial charge in [0.1, 0.15) is 18.0 Å². The lowest BCUT2D eigenvalue weighted by molar-refractivity contribution is -0.215. The van der Waals surface area contributed by atoms with Gasteiger partial charge in [0, 0.05) is 5.92 Å². The quantitative estimate of drug-likeness (QED) is 0.444. The molecule has 0 amide bonds. The number of ether oxygens (including phenoxy) is 1. The Morgan fingerprint density at radius 3 is 2.27 bits per heavy atom. The largest absolute Gasteiger partial charge is 0.451 e. The van der Waals surface area contributed by atoms with E-state index >= 15 is 0 Å². The smallest absolute Gasteiger partial charge is 0.426 e. The van der Waals surface area contributed by atoms with Gasteiger partial charge in [0.25, 0.3) is 10.1 Å². The third kappa shape index (κ3) is 3.97. The van der Waals surface area contributed by atoms with E-state index in [4.69, 9.17) is 4.55 Å². The van der Waals surface area contributed by atoms with Crippen LogP contribution in [0.2, 0.25) is 0 Å². The minimum Gasteiger partial charge on any atom is -0.451 e. The van der Waals surface area contributed by atoms with Crippen LogP contribution in [-0.2, 0) is 24.4 Å². The monoisotopic (exact) mass is 344 g/mol. The number of fused-ring (bicyclic) bond motifs is 1. The molecule has 2 fully saturated rings. The van der Waals surface area contributed by atoms with Crippen LogP contribution in [0, 0.1) is 17.8 Å². The van der Waals surface area contributed by atoms with Crippen LogP contribution in [0.3, 0.4) is 0 Å². The Labute approximate surface area is 124 Å². The molecule has 10 heteroatoms. The molecule has 0 radical (unpaired) electrons. The molecule has 6 nitrogen and oxygen atoms in total. The lowest BCUT2D eigenvalue weighted by atomic mass is 9.52. The molecule has 2 aliphatic carbocycles. The number of hydrogen-bond acceptors (Lipinski definition) is 5. The zero-order chi connectivity index (χ0) is 16.7. The summed E-state index contributed by atoms with van der Waals surface area (Å²) in [5, 5.41) is 0. The number of Topliss-reactive ketones (excluding diaryl/α,β-unsaturated/α-hetero) is 1. The van der Waals surface area contributed by atoms with Gasteiger partial charge in [-0.3, -0.25) is 14.1 Å². The summed E-state index contributed by atoms with van der Waals surface area (Å²) in [4.78, 5) is 23.2. The number of hydrogen-bond donors (Lipinski definition) is 1. The molecule has 0 saturated heterocycles. The van der Waals surface area contributed by atoms with Gasteiger partial charge in [-0.1, -0.05) is 0 Å². The minimum atomic E-state index is -5.15. The van der Waals surface area contributed by atoms with E-state index in [1.54, 1.807) is 0 Å². The maximum atomic E-state index is 12.6. The van der Waals surface area contributed by atoms with Crippen LogP contribution in [-0.4, -0.2) is 42.8 Å². The van der Waals surface area contributed by atoms with E-state index in [0.29, 0.717) is 12.3 Å². The number of halogens is 3. The van der Waals surface area contributed by atoms with Gasteiger partial charge in [-0.15, -0.1) is 0 Å². The molecule has 0 heterocycles. The van der Waals surface area contributed by atoms with Gasteiger partial charge in [-0.05, 0) is 31.1 Å². The summed E-state index contributed by atoms with van der Waals surface area (Å²) in [6.45, 7) is 0. The molecule has 2 rings (SSSR count). The van der Waals surface area contributed by atoms with E-state index < -0.39 is 46.3 Å². The summed E-state index contributed by atoms with van der Waals surface area (Å²) >= 11 is 0. The molecule has 4 atom stereocenters. The molecule has 0 aliphatic heterocycles. The molecule has 0 aromatic heterocycles. The second kappa shape index (κ2) is 5.80. The highest BCUT2D eigenvalue weighted by Crippen LogP contribution is 2.54. The number of carbonyl (C=O) groups is 2. The molecule has 0 spiro atoms. The molecule has 22 heavy (non-hydrogen) atoms. The van der Waals surface area contributed by atoms with Crippen LogP contribution in [0.1, 0.15) is 25.7 Å². The van der Waals surface area contributed by atoms with Crippen molar-refractivity contribution >= 4 is 21.9 Å². The van der Waals surface area contributed by atoms with Crippen molar-refractivity contribution < 1.29 is 40.5 Å². The Morgan fingerprint density at radius 2 is 1.91 bits per heavy atom. The van der Waals surface area contributed by atoms with Crippen molar-refractivity contribution in [1.82, 2.24) is 0 Å². The Kier molecular flexibility index (Phi) is 4.54. The lowest BCUT2D eigenvalue weighted by Gasteiger charge is -2.52. The molecule has 126 valence electrons. The number of carbonyl (C=O) groups excluding carboxylic acids is 2. The molecule has 1 N–H and O–H groups in total. The number of ketones is 1. The van der Waals surface area contributed by atoms with Gasteiger partial charge in [0.15, 0.2) is 0 Å². The predicted molar refractivity (Wildman–Crippen MR) is 66.3 cm³/mol. The molecule has 0 bridgehead atoms. The van der Waals surface area contributed by atoms with Crippen molar-refractivity contribution in [2.45, 2.75) is 38.0 Å². The summed E-state index contributed by atoms with van der Waals surface area (Å²) in [7, 11) is -4.98. The highest BCUT2D eigenvalue weighted by Gasteiger charge is 2.51. The first-order valence-electron chi connectivity index (χ1n) is 6.71. The Morgan fingerprint density at radius 1 is 1.27 bits per heavy atom. The van der Waals surface area contributed by atoms with Gasteiger partial charge in [-0.25, -0.2) is 0 Å². The molecular weight excluding hydrogens is 329 g/mol. The first-order chi connectivity index (χ1) is 9.97. The van der Waals surface area contributed by atoms with E-state index in [-0.39, 0.29) is 11.8 Å². The van der Waals surface area contributed by atoms with E-state index in [1.165, 1.54) is 0 Å². The first-order valence-corrected chi connectivity index (χ1v) is 8.32.